The highest BCUT2D eigenvalue weighted by Gasteiger charge is 2.21. The van der Waals surface area contributed by atoms with Gasteiger partial charge >= 0.3 is 0 Å². The summed E-state index contributed by atoms with van der Waals surface area (Å²) < 4.78 is 0. The molecule has 2 nitrogen and oxygen atoms in total. The van der Waals surface area contributed by atoms with Crippen LogP contribution in [0.25, 0.3) is 0 Å². The van der Waals surface area contributed by atoms with Gasteiger partial charge in [0.05, 0.1) is 11.3 Å². The second kappa shape index (κ2) is 5.07. The van der Waals surface area contributed by atoms with Gasteiger partial charge in [0.1, 0.15) is 6.07 Å². The Morgan fingerprint density at radius 1 is 1.16 bits per heavy atom. The third-order valence-corrected chi connectivity index (χ3v) is 4.16. The zero-order chi connectivity index (χ0) is 13.2. The van der Waals surface area contributed by atoms with Crippen molar-refractivity contribution in [1.29, 1.82) is 5.26 Å². The van der Waals surface area contributed by atoms with E-state index < -0.39 is 0 Å². The van der Waals surface area contributed by atoms with Crippen molar-refractivity contribution in [2.45, 2.75) is 11.8 Å². The molecule has 0 atom stereocenters. The zero-order valence-corrected chi connectivity index (χ0v) is 12.0. The Balaban J connectivity index is 2.07. The van der Waals surface area contributed by atoms with Gasteiger partial charge in [0.25, 0.3) is 0 Å². The molecule has 3 rings (SSSR count). The van der Waals surface area contributed by atoms with Crippen molar-refractivity contribution >= 4 is 27.3 Å². The molecule has 0 fully saturated rings. The molecule has 94 valence electrons. The van der Waals surface area contributed by atoms with Crippen LogP contribution in [0.1, 0.15) is 16.7 Å². The van der Waals surface area contributed by atoms with Gasteiger partial charge in [0.2, 0.25) is 0 Å². The first-order valence-electron chi connectivity index (χ1n) is 6.28. The molecule has 0 saturated heterocycles. The number of nitrogens with zero attached hydrogens (tertiary/aromatic N) is 2. The van der Waals surface area contributed by atoms with Crippen molar-refractivity contribution in [2.75, 3.05) is 11.4 Å². The third kappa shape index (κ3) is 2.13. The molecule has 1 aliphatic rings. The maximum Gasteiger partial charge on any atom is 0.101 e. The number of benzene rings is 2. The summed E-state index contributed by atoms with van der Waals surface area (Å²) in [5, 5.41) is 10.1. The van der Waals surface area contributed by atoms with Crippen LogP contribution < -0.4 is 4.90 Å². The van der Waals surface area contributed by atoms with Crippen LogP contribution in [-0.2, 0) is 11.8 Å². The Morgan fingerprint density at radius 2 is 2.00 bits per heavy atom. The van der Waals surface area contributed by atoms with E-state index in [0.29, 0.717) is 0 Å². The molecule has 0 radical (unpaired) electrons. The standard InChI is InChI=1S/C16H13BrN2/c17-10-12-5-6-16(14(9-12)11-18)19-8-7-13-3-1-2-4-15(13)19/h1-6,9H,7-8,10H2. The van der Waals surface area contributed by atoms with Crippen LogP contribution in [0.3, 0.4) is 0 Å². The summed E-state index contributed by atoms with van der Waals surface area (Å²) in [7, 11) is 0. The molecule has 2 aromatic rings. The molecule has 1 heterocycles. The quantitative estimate of drug-likeness (QED) is 0.779. The minimum Gasteiger partial charge on any atom is -0.340 e. The van der Waals surface area contributed by atoms with Gasteiger partial charge in [0, 0.05) is 17.6 Å². The molecule has 3 heteroatoms. The predicted octanol–water partition coefficient (Wildman–Crippen LogP) is 4.15. The average Bonchev–Trinajstić information content (AvgIpc) is 2.90. The van der Waals surface area contributed by atoms with Gasteiger partial charge < -0.3 is 4.90 Å². The second-order valence-electron chi connectivity index (χ2n) is 4.63. The Labute approximate surface area is 121 Å². The number of fused-ring (bicyclic) bond motifs is 1. The molecule has 1 aliphatic heterocycles. The molecule has 0 bridgehead atoms. The van der Waals surface area contributed by atoms with E-state index in [-0.39, 0.29) is 0 Å². The number of alkyl halides is 1. The van der Waals surface area contributed by atoms with E-state index in [2.05, 4.69) is 63.3 Å². The second-order valence-corrected chi connectivity index (χ2v) is 5.19. The van der Waals surface area contributed by atoms with Crippen LogP contribution >= 0.6 is 15.9 Å². The normalized spacial score (nSPS) is 13.2. The minimum atomic E-state index is 0.744. The summed E-state index contributed by atoms with van der Waals surface area (Å²) >= 11 is 3.43. The van der Waals surface area contributed by atoms with Crippen LogP contribution in [0.5, 0.6) is 0 Å². The van der Waals surface area contributed by atoms with Crippen molar-refractivity contribution in [2.24, 2.45) is 0 Å². The van der Waals surface area contributed by atoms with Crippen molar-refractivity contribution in [3.8, 4) is 6.07 Å². The van der Waals surface area contributed by atoms with Crippen molar-refractivity contribution in [3.63, 3.8) is 0 Å². The molecule has 0 aliphatic carbocycles. The van der Waals surface area contributed by atoms with E-state index in [1.807, 2.05) is 6.07 Å². The summed E-state index contributed by atoms with van der Waals surface area (Å²) in [6, 6.07) is 16.8. The highest BCUT2D eigenvalue weighted by atomic mass is 79.9. The Hall–Kier alpha value is -1.79. The molecule has 0 saturated carbocycles. The Kier molecular flexibility index (Phi) is 3.27. The van der Waals surface area contributed by atoms with Gasteiger partial charge in [-0.2, -0.15) is 5.26 Å². The fourth-order valence-electron chi connectivity index (χ4n) is 2.58. The lowest BCUT2D eigenvalue weighted by molar-refractivity contribution is 0.995. The highest BCUT2D eigenvalue weighted by molar-refractivity contribution is 9.08. The zero-order valence-electron chi connectivity index (χ0n) is 10.4. The van der Waals surface area contributed by atoms with Gasteiger partial charge in [-0.3, -0.25) is 0 Å². The van der Waals surface area contributed by atoms with Crippen molar-refractivity contribution in [3.05, 3.63) is 59.2 Å². The Bertz CT molecular complexity index is 658. The van der Waals surface area contributed by atoms with Crippen molar-refractivity contribution in [1.82, 2.24) is 0 Å². The van der Waals surface area contributed by atoms with Gasteiger partial charge in [-0.1, -0.05) is 40.2 Å². The van der Waals surface area contributed by atoms with E-state index in [1.54, 1.807) is 0 Å². The number of rotatable bonds is 2. The first-order chi connectivity index (χ1) is 9.33. The molecule has 0 unspecified atom stereocenters. The lowest BCUT2D eigenvalue weighted by atomic mass is 10.1. The summed E-state index contributed by atoms with van der Waals surface area (Å²) in [5.41, 5.74) is 5.47. The smallest absolute Gasteiger partial charge is 0.101 e. The maximum absolute atomic E-state index is 9.35. The van der Waals surface area contributed by atoms with Crippen LogP contribution in [-0.4, -0.2) is 6.54 Å². The van der Waals surface area contributed by atoms with Gasteiger partial charge in [0.15, 0.2) is 0 Å². The van der Waals surface area contributed by atoms with Gasteiger partial charge in [-0.25, -0.2) is 0 Å². The van der Waals surface area contributed by atoms with Crippen LogP contribution in [0, 0.1) is 11.3 Å². The maximum atomic E-state index is 9.35. The molecule has 0 N–H and O–H groups in total. The summed E-state index contributed by atoms with van der Waals surface area (Å²) in [5.74, 6) is 0. The lowest BCUT2D eigenvalue weighted by Gasteiger charge is -2.21. The predicted molar refractivity (Wildman–Crippen MR) is 80.9 cm³/mol. The molecular weight excluding hydrogens is 300 g/mol. The van der Waals surface area contributed by atoms with E-state index in [9.17, 15) is 5.26 Å². The van der Waals surface area contributed by atoms with Crippen LogP contribution in [0.2, 0.25) is 0 Å². The van der Waals surface area contributed by atoms with Gasteiger partial charge in [-0.05, 0) is 35.7 Å². The molecule has 2 aromatic carbocycles. The summed E-state index contributed by atoms with van der Waals surface area (Å²) in [4.78, 5) is 2.24. The fraction of sp³-hybridized carbons (Fsp3) is 0.188. The number of anilines is 2. The minimum absolute atomic E-state index is 0.744. The van der Waals surface area contributed by atoms with E-state index in [4.69, 9.17) is 0 Å². The number of para-hydroxylation sites is 1. The first-order valence-corrected chi connectivity index (χ1v) is 7.40. The average molecular weight is 313 g/mol. The highest BCUT2D eigenvalue weighted by Crippen LogP contribution is 2.36. The summed E-state index contributed by atoms with van der Waals surface area (Å²) in [6.07, 6.45) is 1.04. The third-order valence-electron chi connectivity index (χ3n) is 3.51. The van der Waals surface area contributed by atoms with Crippen molar-refractivity contribution < 1.29 is 0 Å². The number of halogens is 1. The van der Waals surface area contributed by atoms with E-state index in [1.165, 1.54) is 11.3 Å². The molecule has 0 spiro atoms. The largest absolute Gasteiger partial charge is 0.340 e. The topological polar surface area (TPSA) is 27.0 Å². The lowest BCUT2D eigenvalue weighted by Crippen LogP contribution is -2.14. The SMILES string of the molecule is N#Cc1cc(CBr)ccc1N1CCc2ccccc21. The number of hydrogen-bond donors (Lipinski definition) is 0. The number of hydrogen-bond acceptors (Lipinski definition) is 2. The van der Waals surface area contributed by atoms with Crippen LogP contribution in [0.15, 0.2) is 42.5 Å². The fourth-order valence-corrected chi connectivity index (χ4v) is 2.93. The molecule has 19 heavy (non-hydrogen) atoms. The Morgan fingerprint density at radius 3 is 2.79 bits per heavy atom. The van der Waals surface area contributed by atoms with Gasteiger partial charge in [-0.15, -0.1) is 0 Å². The first kappa shape index (κ1) is 12.3. The monoisotopic (exact) mass is 312 g/mol. The van der Waals surface area contributed by atoms with Crippen LogP contribution in [0.4, 0.5) is 11.4 Å². The van der Waals surface area contributed by atoms with E-state index in [0.717, 1.165) is 35.1 Å². The molecule has 0 aromatic heterocycles. The molecule has 0 amide bonds. The van der Waals surface area contributed by atoms with E-state index >= 15 is 0 Å². The number of nitriles is 1. The summed E-state index contributed by atoms with van der Waals surface area (Å²) in [6.45, 7) is 0.946. The molecular formula is C16H13BrN2.